The second-order valence-electron chi connectivity index (χ2n) is 5.42. The number of unbranched alkanes of at least 4 members (excludes halogenated alkanes) is 1. The summed E-state index contributed by atoms with van der Waals surface area (Å²) in [7, 11) is 3.10. The summed E-state index contributed by atoms with van der Waals surface area (Å²) >= 11 is 0. The van der Waals surface area contributed by atoms with Crippen LogP contribution in [0.1, 0.15) is 25.3 Å². The van der Waals surface area contributed by atoms with E-state index >= 15 is 0 Å². The first-order chi connectivity index (χ1) is 11.7. The third kappa shape index (κ3) is 4.65. The van der Waals surface area contributed by atoms with Crippen molar-refractivity contribution < 1.29 is 14.3 Å². The minimum Gasteiger partial charge on any atom is -0.494 e. The number of ether oxygens (including phenoxy) is 2. The van der Waals surface area contributed by atoms with E-state index < -0.39 is 0 Å². The van der Waals surface area contributed by atoms with Crippen LogP contribution >= 0.6 is 0 Å². The number of hydrogen-bond acceptors (Lipinski definition) is 3. The van der Waals surface area contributed by atoms with Crippen molar-refractivity contribution >= 4 is 17.4 Å². The highest BCUT2D eigenvalue weighted by atomic mass is 16.5. The maximum Gasteiger partial charge on any atom is 0.323 e. The highest BCUT2D eigenvalue weighted by molar-refractivity contribution is 6.01. The number of aryl methyl sites for hydroxylation is 1. The molecule has 0 radical (unpaired) electrons. The van der Waals surface area contributed by atoms with Crippen molar-refractivity contribution in [1.82, 2.24) is 0 Å². The lowest BCUT2D eigenvalue weighted by Crippen LogP contribution is -2.20. The topological polar surface area (TPSA) is 59.6 Å². The molecular weight excluding hydrogens is 304 g/mol. The second-order valence-corrected chi connectivity index (χ2v) is 5.42. The van der Waals surface area contributed by atoms with Crippen molar-refractivity contribution in [2.24, 2.45) is 0 Å². The lowest BCUT2D eigenvalue weighted by Gasteiger charge is -2.14. The lowest BCUT2D eigenvalue weighted by molar-refractivity contribution is 0.262. The van der Waals surface area contributed by atoms with Crippen LogP contribution in [0.3, 0.4) is 0 Å². The number of rotatable bonds is 7. The van der Waals surface area contributed by atoms with E-state index in [1.54, 1.807) is 32.4 Å². The van der Waals surface area contributed by atoms with E-state index in [0.717, 1.165) is 12.1 Å². The van der Waals surface area contributed by atoms with Gasteiger partial charge in [-0.3, -0.25) is 0 Å². The summed E-state index contributed by atoms with van der Waals surface area (Å²) in [4.78, 5) is 12.2. The van der Waals surface area contributed by atoms with Gasteiger partial charge in [0, 0.05) is 5.69 Å². The molecule has 5 nitrogen and oxygen atoms in total. The first-order valence-electron chi connectivity index (χ1n) is 8.05. The summed E-state index contributed by atoms with van der Waals surface area (Å²) < 4.78 is 10.5. The van der Waals surface area contributed by atoms with Crippen molar-refractivity contribution in [2.75, 3.05) is 24.9 Å². The van der Waals surface area contributed by atoms with Crippen molar-refractivity contribution in [3.63, 3.8) is 0 Å². The molecular formula is C19H24N2O3. The molecule has 2 N–H and O–H groups in total. The summed E-state index contributed by atoms with van der Waals surface area (Å²) in [6.07, 6.45) is 3.39. The number of carbonyl (C=O) groups is 1. The summed E-state index contributed by atoms with van der Waals surface area (Å²) in [5.41, 5.74) is 2.51. The molecule has 0 fully saturated rings. The average Bonchev–Trinajstić information content (AvgIpc) is 2.61. The van der Waals surface area contributed by atoms with Gasteiger partial charge in [0.25, 0.3) is 0 Å². The molecule has 0 aliphatic rings. The largest absolute Gasteiger partial charge is 0.494 e. The number of methoxy groups -OCH3 is 2. The monoisotopic (exact) mass is 328 g/mol. The van der Waals surface area contributed by atoms with Gasteiger partial charge in [0.15, 0.2) is 0 Å². The average molecular weight is 328 g/mol. The van der Waals surface area contributed by atoms with Gasteiger partial charge in [-0.1, -0.05) is 31.5 Å². The molecule has 0 saturated carbocycles. The van der Waals surface area contributed by atoms with Gasteiger partial charge in [0.2, 0.25) is 0 Å². The number of para-hydroxylation sites is 1. The molecule has 24 heavy (non-hydrogen) atoms. The Hall–Kier alpha value is -2.69. The van der Waals surface area contributed by atoms with Gasteiger partial charge in [-0.15, -0.1) is 0 Å². The molecule has 0 bridgehead atoms. The number of amides is 2. The van der Waals surface area contributed by atoms with Gasteiger partial charge in [-0.05, 0) is 42.7 Å². The summed E-state index contributed by atoms with van der Waals surface area (Å²) in [6.45, 7) is 2.17. The molecule has 0 aliphatic carbocycles. The van der Waals surface area contributed by atoms with Gasteiger partial charge < -0.3 is 20.1 Å². The molecule has 0 aromatic heterocycles. The van der Waals surface area contributed by atoms with Crippen LogP contribution in [0.15, 0.2) is 42.5 Å². The quantitative estimate of drug-likeness (QED) is 0.775. The maximum absolute atomic E-state index is 12.2. The Labute approximate surface area is 143 Å². The number of carbonyl (C=O) groups excluding carboxylic acids is 1. The van der Waals surface area contributed by atoms with Crippen LogP contribution in [0.25, 0.3) is 0 Å². The Bertz CT molecular complexity index is 647. The van der Waals surface area contributed by atoms with Crippen LogP contribution in [0.5, 0.6) is 11.5 Å². The van der Waals surface area contributed by atoms with Crippen LogP contribution < -0.4 is 20.1 Å². The summed E-state index contributed by atoms with van der Waals surface area (Å²) in [6, 6.07) is 12.9. The zero-order valence-electron chi connectivity index (χ0n) is 14.4. The Balaban J connectivity index is 2.03. The van der Waals surface area contributed by atoms with Crippen LogP contribution in [-0.2, 0) is 6.42 Å². The van der Waals surface area contributed by atoms with Crippen LogP contribution in [0, 0.1) is 0 Å². The van der Waals surface area contributed by atoms with Gasteiger partial charge in [0.1, 0.15) is 17.2 Å². The van der Waals surface area contributed by atoms with Crippen molar-refractivity contribution in [2.45, 2.75) is 26.2 Å². The molecule has 2 rings (SSSR count). The van der Waals surface area contributed by atoms with Crippen molar-refractivity contribution in [1.29, 1.82) is 0 Å². The molecule has 0 atom stereocenters. The van der Waals surface area contributed by atoms with Crippen LogP contribution in [-0.4, -0.2) is 20.3 Å². The van der Waals surface area contributed by atoms with Gasteiger partial charge in [0.05, 0.1) is 14.2 Å². The zero-order chi connectivity index (χ0) is 17.4. The third-order valence-electron chi connectivity index (χ3n) is 3.70. The van der Waals surface area contributed by atoms with Crippen LogP contribution in [0.4, 0.5) is 16.2 Å². The van der Waals surface area contributed by atoms with E-state index in [-0.39, 0.29) is 6.03 Å². The Kier molecular flexibility index (Phi) is 6.49. The molecule has 0 aliphatic heterocycles. The first kappa shape index (κ1) is 17.7. The molecule has 0 spiro atoms. The number of benzene rings is 2. The van der Waals surface area contributed by atoms with E-state index in [1.807, 2.05) is 24.3 Å². The fourth-order valence-electron chi connectivity index (χ4n) is 2.39. The Morgan fingerprint density at radius 1 is 0.958 bits per heavy atom. The highest BCUT2D eigenvalue weighted by Crippen LogP contribution is 2.34. The smallest absolute Gasteiger partial charge is 0.323 e. The molecule has 0 saturated heterocycles. The summed E-state index contributed by atoms with van der Waals surface area (Å²) in [5.74, 6) is 1.08. The first-order valence-corrected chi connectivity index (χ1v) is 8.05. The number of urea groups is 1. The van der Waals surface area contributed by atoms with Gasteiger partial charge >= 0.3 is 6.03 Å². The maximum atomic E-state index is 12.2. The van der Waals surface area contributed by atoms with E-state index in [2.05, 4.69) is 17.6 Å². The third-order valence-corrected chi connectivity index (χ3v) is 3.70. The number of anilines is 2. The number of hydrogen-bond donors (Lipinski definition) is 2. The molecule has 0 heterocycles. The minimum atomic E-state index is -0.348. The standard InChI is InChI=1S/C19H24N2O3/c1-4-5-7-14-10-12-15(13-11-14)20-19(22)21-18-16(23-2)8-6-9-17(18)24-3/h6,8-13H,4-5,7H2,1-3H3,(H2,20,21,22). The normalized spacial score (nSPS) is 10.1. The summed E-state index contributed by atoms with van der Waals surface area (Å²) in [5, 5.41) is 5.59. The SMILES string of the molecule is CCCCc1ccc(NC(=O)Nc2c(OC)cccc2OC)cc1. The van der Waals surface area contributed by atoms with Crippen molar-refractivity contribution in [3.8, 4) is 11.5 Å². The van der Waals surface area contributed by atoms with Crippen LogP contribution in [0.2, 0.25) is 0 Å². The zero-order valence-corrected chi connectivity index (χ0v) is 14.4. The minimum absolute atomic E-state index is 0.348. The van der Waals surface area contributed by atoms with E-state index in [9.17, 15) is 4.79 Å². The predicted octanol–water partition coefficient (Wildman–Crippen LogP) is 4.69. The van der Waals surface area contributed by atoms with Gasteiger partial charge in [-0.2, -0.15) is 0 Å². The molecule has 2 aromatic carbocycles. The van der Waals surface area contributed by atoms with E-state index in [1.165, 1.54) is 18.4 Å². The highest BCUT2D eigenvalue weighted by Gasteiger charge is 2.13. The second kappa shape index (κ2) is 8.82. The Morgan fingerprint density at radius 2 is 1.58 bits per heavy atom. The molecule has 2 amide bonds. The Morgan fingerprint density at radius 3 is 2.12 bits per heavy atom. The molecule has 0 unspecified atom stereocenters. The molecule has 128 valence electrons. The fraction of sp³-hybridized carbons (Fsp3) is 0.316. The predicted molar refractivity (Wildman–Crippen MR) is 97.2 cm³/mol. The van der Waals surface area contributed by atoms with E-state index in [0.29, 0.717) is 17.2 Å². The van der Waals surface area contributed by atoms with Gasteiger partial charge in [-0.25, -0.2) is 4.79 Å². The lowest BCUT2D eigenvalue weighted by atomic mass is 10.1. The molecule has 5 heteroatoms. The fourth-order valence-corrected chi connectivity index (χ4v) is 2.39. The number of nitrogens with one attached hydrogen (secondary N) is 2. The van der Waals surface area contributed by atoms with E-state index in [4.69, 9.17) is 9.47 Å². The molecule has 2 aromatic rings. The van der Waals surface area contributed by atoms with Crippen molar-refractivity contribution in [3.05, 3.63) is 48.0 Å².